The van der Waals surface area contributed by atoms with Gasteiger partial charge in [0, 0.05) is 12.7 Å². The third-order valence-corrected chi connectivity index (χ3v) is 5.88. The summed E-state index contributed by atoms with van der Waals surface area (Å²) in [7, 11) is -2.09. The molecule has 0 aliphatic carbocycles. The predicted molar refractivity (Wildman–Crippen MR) is 75.8 cm³/mol. The van der Waals surface area contributed by atoms with Crippen molar-refractivity contribution < 1.29 is 8.42 Å². The molecule has 2 N–H and O–H groups in total. The summed E-state index contributed by atoms with van der Waals surface area (Å²) in [6.07, 6.45) is 0. The molecule has 0 radical (unpaired) electrons. The Kier molecular flexibility index (Phi) is 3.52. The second-order valence-corrected chi connectivity index (χ2v) is 7.54. The first-order valence-corrected chi connectivity index (χ1v) is 7.64. The molecule has 1 heterocycles. The number of anilines is 2. The second-order valence-electron chi connectivity index (χ2n) is 3.63. The Morgan fingerprint density at radius 2 is 2.00 bits per heavy atom. The summed E-state index contributed by atoms with van der Waals surface area (Å²) in [5, 5.41) is 0. The molecule has 0 fully saturated rings. The summed E-state index contributed by atoms with van der Waals surface area (Å²) in [6.45, 7) is 0. The molecule has 2 aromatic rings. The van der Waals surface area contributed by atoms with Gasteiger partial charge < -0.3 is 5.73 Å². The van der Waals surface area contributed by atoms with Gasteiger partial charge in [0.1, 0.15) is 4.21 Å². The fraction of sp³-hybridized carbons (Fsp3) is 0.0909. The molecule has 4 nitrogen and oxygen atoms in total. The molecular weight excluding hydrogens is 292 g/mol. The molecule has 0 aliphatic heterocycles. The van der Waals surface area contributed by atoms with Crippen LogP contribution < -0.4 is 10.0 Å². The molecule has 1 aromatic heterocycles. The highest BCUT2D eigenvalue weighted by atomic mass is 35.5. The van der Waals surface area contributed by atoms with Crippen LogP contribution in [0.4, 0.5) is 11.4 Å². The maximum Gasteiger partial charge on any atom is 0.273 e. The second kappa shape index (κ2) is 4.79. The van der Waals surface area contributed by atoms with E-state index >= 15 is 0 Å². The number of nitrogens with two attached hydrogens (primary N) is 1. The van der Waals surface area contributed by atoms with Gasteiger partial charge in [-0.2, -0.15) is 0 Å². The average Bonchev–Trinajstić information content (AvgIpc) is 2.75. The lowest BCUT2D eigenvalue weighted by Crippen LogP contribution is -2.25. The van der Waals surface area contributed by atoms with E-state index in [0.717, 1.165) is 11.3 Å². The number of sulfonamides is 1. The molecule has 0 unspecified atom stereocenters. The monoisotopic (exact) mass is 302 g/mol. The number of halogens is 1. The van der Waals surface area contributed by atoms with Crippen molar-refractivity contribution in [1.82, 2.24) is 0 Å². The molecular formula is C11H11ClN2O2S2. The van der Waals surface area contributed by atoms with E-state index in [0.29, 0.717) is 15.7 Å². The van der Waals surface area contributed by atoms with E-state index in [4.69, 9.17) is 17.3 Å². The zero-order valence-corrected chi connectivity index (χ0v) is 11.9. The van der Waals surface area contributed by atoms with Crippen LogP contribution in [0, 0.1) is 0 Å². The van der Waals surface area contributed by atoms with Gasteiger partial charge in [0.05, 0.1) is 10.0 Å². The highest BCUT2D eigenvalue weighted by molar-refractivity contribution is 7.94. The van der Waals surface area contributed by atoms with Gasteiger partial charge in [0.15, 0.2) is 0 Å². The Labute approximate surface area is 115 Å². The maximum atomic E-state index is 12.3. The Bertz CT molecular complexity index is 667. The zero-order chi connectivity index (χ0) is 13.3. The van der Waals surface area contributed by atoms with Gasteiger partial charge in [0.2, 0.25) is 0 Å². The van der Waals surface area contributed by atoms with Gasteiger partial charge >= 0.3 is 0 Å². The summed E-state index contributed by atoms with van der Waals surface area (Å²) < 4.78 is 26.4. The van der Waals surface area contributed by atoms with Crippen molar-refractivity contribution >= 4 is 44.3 Å². The fourth-order valence-electron chi connectivity index (χ4n) is 1.43. The molecule has 0 saturated carbocycles. The first kappa shape index (κ1) is 13.2. The minimum absolute atomic E-state index is 0.206. The van der Waals surface area contributed by atoms with E-state index in [1.807, 2.05) is 0 Å². The number of hydrogen-bond donors (Lipinski definition) is 1. The van der Waals surface area contributed by atoms with Gasteiger partial charge in [-0.1, -0.05) is 17.7 Å². The van der Waals surface area contributed by atoms with Crippen molar-refractivity contribution in [2.24, 2.45) is 0 Å². The SMILES string of the molecule is CN(c1cccc(N)c1)S(=O)(=O)c1ccc(Cl)s1. The fourth-order valence-corrected chi connectivity index (χ4v) is 4.27. The standard InChI is InChI=1S/C11H11ClN2O2S2/c1-14(9-4-2-3-8(13)7-9)18(15,16)11-6-5-10(12)17-11/h2-7H,13H2,1H3. The number of nitrogen functional groups attached to an aromatic ring is 1. The summed E-state index contributed by atoms with van der Waals surface area (Å²) in [4.78, 5) is 0. The highest BCUT2D eigenvalue weighted by Crippen LogP contribution is 2.30. The van der Waals surface area contributed by atoms with Gasteiger partial charge in [-0.05, 0) is 30.3 Å². The number of nitrogens with zero attached hydrogens (tertiary/aromatic N) is 1. The lowest BCUT2D eigenvalue weighted by atomic mass is 10.3. The Morgan fingerprint density at radius 1 is 1.28 bits per heavy atom. The van der Waals surface area contributed by atoms with Crippen LogP contribution in [0.5, 0.6) is 0 Å². The first-order chi connectivity index (χ1) is 8.41. The van der Waals surface area contributed by atoms with E-state index < -0.39 is 10.0 Å². The number of benzene rings is 1. The minimum Gasteiger partial charge on any atom is -0.399 e. The number of thiophene rings is 1. The van der Waals surface area contributed by atoms with Gasteiger partial charge in [-0.3, -0.25) is 4.31 Å². The van der Waals surface area contributed by atoms with Crippen molar-refractivity contribution in [3.63, 3.8) is 0 Å². The van der Waals surface area contributed by atoms with Crippen molar-refractivity contribution in [3.8, 4) is 0 Å². The van der Waals surface area contributed by atoms with Crippen LogP contribution in [0.25, 0.3) is 0 Å². The Hall–Kier alpha value is -1.24. The third-order valence-electron chi connectivity index (χ3n) is 2.40. The maximum absolute atomic E-state index is 12.3. The van der Waals surface area contributed by atoms with Crippen molar-refractivity contribution in [2.45, 2.75) is 4.21 Å². The summed E-state index contributed by atoms with van der Waals surface area (Å²) in [6, 6.07) is 9.75. The molecule has 0 spiro atoms. The highest BCUT2D eigenvalue weighted by Gasteiger charge is 2.23. The molecule has 7 heteroatoms. The third kappa shape index (κ3) is 2.45. The van der Waals surface area contributed by atoms with E-state index in [2.05, 4.69) is 0 Å². The van der Waals surface area contributed by atoms with E-state index in [9.17, 15) is 8.42 Å². The van der Waals surface area contributed by atoms with Gasteiger partial charge in [-0.25, -0.2) is 8.42 Å². The molecule has 18 heavy (non-hydrogen) atoms. The molecule has 1 aromatic carbocycles. The summed E-state index contributed by atoms with van der Waals surface area (Å²) >= 11 is 6.78. The van der Waals surface area contributed by atoms with Crippen LogP contribution in [0.3, 0.4) is 0 Å². The largest absolute Gasteiger partial charge is 0.399 e. The van der Waals surface area contributed by atoms with Crippen LogP contribution >= 0.6 is 22.9 Å². The summed E-state index contributed by atoms with van der Waals surface area (Å²) in [5.74, 6) is 0. The van der Waals surface area contributed by atoms with Crippen LogP contribution in [0.15, 0.2) is 40.6 Å². The Morgan fingerprint density at radius 3 is 2.56 bits per heavy atom. The van der Waals surface area contributed by atoms with E-state index in [1.54, 1.807) is 30.3 Å². The van der Waals surface area contributed by atoms with Crippen LogP contribution in [0.2, 0.25) is 4.34 Å². The first-order valence-electron chi connectivity index (χ1n) is 5.01. The average molecular weight is 303 g/mol. The smallest absolute Gasteiger partial charge is 0.273 e. The predicted octanol–water partition coefficient (Wildman–Crippen LogP) is 2.81. The topological polar surface area (TPSA) is 63.4 Å². The van der Waals surface area contributed by atoms with Gasteiger partial charge in [0.25, 0.3) is 10.0 Å². The van der Waals surface area contributed by atoms with Crippen molar-refractivity contribution in [2.75, 3.05) is 17.1 Å². The molecule has 2 rings (SSSR count). The van der Waals surface area contributed by atoms with Crippen molar-refractivity contribution in [1.29, 1.82) is 0 Å². The minimum atomic E-state index is -3.58. The molecule has 0 aliphatic rings. The number of hydrogen-bond acceptors (Lipinski definition) is 4. The van der Waals surface area contributed by atoms with Crippen LogP contribution in [0.1, 0.15) is 0 Å². The molecule has 0 amide bonds. The number of rotatable bonds is 3. The quantitative estimate of drug-likeness (QED) is 0.887. The van der Waals surface area contributed by atoms with E-state index in [-0.39, 0.29) is 4.21 Å². The lowest BCUT2D eigenvalue weighted by molar-refractivity contribution is 0.596. The molecule has 0 bridgehead atoms. The summed E-state index contributed by atoms with van der Waals surface area (Å²) in [5.41, 5.74) is 6.67. The van der Waals surface area contributed by atoms with E-state index in [1.165, 1.54) is 17.4 Å². The molecule has 0 atom stereocenters. The zero-order valence-electron chi connectivity index (χ0n) is 9.50. The lowest BCUT2D eigenvalue weighted by Gasteiger charge is -2.18. The molecule has 0 saturated heterocycles. The van der Waals surface area contributed by atoms with Gasteiger partial charge in [-0.15, -0.1) is 11.3 Å². The van der Waals surface area contributed by atoms with Crippen LogP contribution in [-0.2, 0) is 10.0 Å². The van der Waals surface area contributed by atoms with Crippen LogP contribution in [-0.4, -0.2) is 15.5 Å². The Balaban J connectivity index is 2.42. The molecule has 96 valence electrons. The normalized spacial score (nSPS) is 11.4. The van der Waals surface area contributed by atoms with Crippen molar-refractivity contribution in [3.05, 3.63) is 40.7 Å².